The minimum absolute atomic E-state index is 0.0709. The Bertz CT molecular complexity index is 973. The second-order valence-electron chi connectivity index (χ2n) is 7.07. The number of carbonyl (C=O) groups excluding carboxylic acids is 3. The minimum Gasteiger partial charge on any atom is -0.494 e. The molecule has 1 aliphatic rings. The number of fused-ring (bicyclic) bond motifs is 1. The van der Waals surface area contributed by atoms with Crippen molar-refractivity contribution in [1.29, 1.82) is 0 Å². The summed E-state index contributed by atoms with van der Waals surface area (Å²) in [4.78, 5) is 38.6. The number of nitrogens with zero attached hydrogens (tertiary/aromatic N) is 1. The Hall–Kier alpha value is -3.42. The number of carbonyl (C=O) groups is 3. The zero-order valence-corrected chi connectivity index (χ0v) is 16.3. The Labute approximate surface area is 167 Å². The second kappa shape index (κ2) is 7.90. The Kier molecular flexibility index (Phi) is 5.54. The third kappa shape index (κ3) is 4.06. The zero-order chi connectivity index (χ0) is 21.2. The molecule has 0 aromatic heterocycles. The first-order chi connectivity index (χ1) is 13.7. The van der Waals surface area contributed by atoms with E-state index in [0.717, 1.165) is 0 Å². The molecule has 0 saturated heterocycles. The molecule has 1 N–H and O–H groups in total. The van der Waals surface area contributed by atoms with E-state index < -0.39 is 29.8 Å². The lowest BCUT2D eigenvalue weighted by atomic mass is 9.96. The van der Waals surface area contributed by atoms with Crippen LogP contribution >= 0.6 is 0 Å². The van der Waals surface area contributed by atoms with Gasteiger partial charge in [-0.05, 0) is 43.7 Å². The van der Waals surface area contributed by atoms with Crippen LogP contribution in [-0.2, 0) is 25.5 Å². The number of methoxy groups -OCH3 is 1. The van der Waals surface area contributed by atoms with Crippen molar-refractivity contribution in [2.75, 3.05) is 23.9 Å². The topological polar surface area (TPSA) is 84.9 Å². The van der Waals surface area contributed by atoms with Crippen molar-refractivity contribution in [3.8, 4) is 5.75 Å². The molecule has 2 amide bonds. The summed E-state index contributed by atoms with van der Waals surface area (Å²) in [5.74, 6) is -2.08. The third-order valence-electron chi connectivity index (χ3n) is 4.68. The second-order valence-corrected chi connectivity index (χ2v) is 7.07. The van der Waals surface area contributed by atoms with E-state index in [0.29, 0.717) is 16.9 Å². The van der Waals surface area contributed by atoms with Crippen LogP contribution in [0.25, 0.3) is 0 Å². The molecule has 152 valence electrons. The van der Waals surface area contributed by atoms with Gasteiger partial charge in [-0.3, -0.25) is 19.3 Å². The lowest BCUT2D eigenvalue weighted by Gasteiger charge is -2.41. The Morgan fingerprint density at radius 1 is 1.17 bits per heavy atom. The van der Waals surface area contributed by atoms with Gasteiger partial charge >= 0.3 is 5.97 Å². The maximum Gasteiger partial charge on any atom is 0.310 e. The number of benzene rings is 2. The van der Waals surface area contributed by atoms with Crippen molar-refractivity contribution in [3.05, 3.63) is 53.8 Å². The molecule has 0 bridgehead atoms. The summed E-state index contributed by atoms with van der Waals surface area (Å²) < 4.78 is 23.7. The number of anilines is 2. The highest BCUT2D eigenvalue weighted by Gasteiger charge is 2.43. The number of rotatable bonds is 5. The number of nitrogens with one attached hydrogen (secondary N) is 1. The summed E-state index contributed by atoms with van der Waals surface area (Å²) in [6.45, 7) is 2.68. The third-order valence-corrected chi connectivity index (χ3v) is 4.68. The van der Waals surface area contributed by atoms with Crippen molar-refractivity contribution in [2.45, 2.75) is 25.8 Å². The molecule has 29 heavy (non-hydrogen) atoms. The smallest absolute Gasteiger partial charge is 0.310 e. The van der Waals surface area contributed by atoms with Gasteiger partial charge in [0.2, 0.25) is 5.91 Å². The van der Waals surface area contributed by atoms with Crippen LogP contribution in [-0.4, -0.2) is 37.0 Å². The number of hydrogen-bond donors (Lipinski definition) is 1. The summed E-state index contributed by atoms with van der Waals surface area (Å²) in [6.07, 6.45) is -0.200. The highest BCUT2D eigenvalue weighted by Crippen LogP contribution is 2.36. The van der Waals surface area contributed by atoms with E-state index in [4.69, 9.17) is 9.47 Å². The van der Waals surface area contributed by atoms with Crippen molar-refractivity contribution in [2.24, 2.45) is 0 Å². The summed E-state index contributed by atoms with van der Waals surface area (Å²) in [5.41, 5.74) is 0.265. The van der Waals surface area contributed by atoms with Gasteiger partial charge in [0.25, 0.3) is 5.91 Å². The van der Waals surface area contributed by atoms with E-state index in [-0.39, 0.29) is 18.1 Å². The van der Waals surface area contributed by atoms with Gasteiger partial charge in [0.15, 0.2) is 18.2 Å². The first-order valence-electron chi connectivity index (χ1n) is 8.95. The molecule has 8 heteroatoms. The van der Waals surface area contributed by atoms with E-state index in [1.54, 1.807) is 44.2 Å². The first-order valence-corrected chi connectivity index (χ1v) is 8.95. The van der Waals surface area contributed by atoms with Crippen molar-refractivity contribution < 1.29 is 28.2 Å². The molecule has 7 nitrogen and oxygen atoms in total. The molecule has 1 heterocycles. The summed E-state index contributed by atoms with van der Waals surface area (Å²) in [5, 5.41) is 2.76. The first kappa shape index (κ1) is 20.3. The van der Waals surface area contributed by atoms with Crippen molar-refractivity contribution >= 4 is 29.2 Å². The molecule has 3 rings (SSSR count). The van der Waals surface area contributed by atoms with Gasteiger partial charge in [-0.15, -0.1) is 0 Å². The lowest BCUT2D eigenvalue weighted by molar-refractivity contribution is -0.147. The zero-order valence-electron chi connectivity index (χ0n) is 16.3. The minimum atomic E-state index is -1.16. The van der Waals surface area contributed by atoms with Crippen LogP contribution < -0.4 is 15.0 Å². The molecular weight excluding hydrogens is 379 g/mol. The fourth-order valence-corrected chi connectivity index (χ4v) is 3.14. The monoisotopic (exact) mass is 400 g/mol. The van der Waals surface area contributed by atoms with Gasteiger partial charge in [-0.1, -0.05) is 18.2 Å². The van der Waals surface area contributed by atoms with Crippen LogP contribution in [0, 0.1) is 5.82 Å². The number of para-hydroxylation sites is 2. The Balaban J connectivity index is 1.69. The number of hydrogen-bond acceptors (Lipinski definition) is 5. The van der Waals surface area contributed by atoms with E-state index in [2.05, 4.69) is 5.32 Å². The molecular formula is C21H21FN2O5. The van der Waals surface area contributed by atoms with Gasteiger partial charge < -0.3 is 14.8 Å². The van der Waals surface area contributed by atoms with E-state index in [1.165, 1.54) is 24.1 Å². The highest BCUT2D eigenvalue weighted by atomic mass is 19.1. The summed E-state index contributed by atoms with van der Waals surface area (Å²) in [6, 6.07) is 11.0. The van der Waals surface area contributed by atoms with Crippen LogP contribution in [0.4, 0.5) is 15.8 Å². The van der Waals surface area contributed by atoms with Crippen LogP contribution in [0.5, 0.6) is 5.75 Å². The van der Waals surface area contributed by atoms with E-state index in [1.807, 2.05) is 0 Å². The quantitative estimate of drug-likeness (QED) is 0.780. The summed E-state index contributed by atoms with van der Waals surface area (Å²) in [7, 11) is 1.35. The average molecular weight is 400 g/mol. The maximum atomic E-state index is 13.7. The van der Waals surface area contributed by atoms with Crippen LogP contribution in [0.15, 0.2) is 42.5 Å². The molecule has 2 aromatic rings. The van der Waals surface area contributed by atoms with Gasteiger partial charge in [0.1, 0.15) is 5.54 Å². The van der Waals surface area contributed by atoms with Crippen molar-refractivity contribution in [1.82, 2.24) is 0 Å². The highest BCUT2D eigenvalue weighted by molar-refractivity contribution is 6.14. The Morgan fingerprint density at radius 2 is 1.90 bits per heavy atom. The van der Waals surface area contributed by atoms with Crippen LogP contribution in [0.1, 0.15) is 19.4 Å². The van der Waals surface area contributed by atoms with Crippen molar-refractivity contribution in [3.63, 3.8) is 0 Å². The molecule has 1 aliphatic heterocycles. The molecule has 0 radical (unpaired) electrons. The van der Waals surface area contributed by atoms with E-state index >= 15 is 0 Å². The predicted octanol–water partition coefficient (Wildman–Crippen LogP) is 2.68. The van der Waals surface area contributed by atoms with Gasteiger partial charge in [0.05, 0.1) is 24.9 Å². The van der Waals surface area contributed by atoms with Gasteiger partial charge in [0, 0.05) is 0 Å². The fourth-order valence-electron chi connectivity index (χ4n) is 3.14. The molecule has 0 saturated carbocycles. The summed E-state index contributed by atoms with van der Waals surface area (Å²) >= 11 is 0. The fraction of sp³-hybridized carbons (Fsp3) is 0.286. The number of halogens is 1. The maximum absolute atomic E-state index is 13.7. The molecule has 0 fully saturated rings. The SMILES string of the molecule is COc1ccc(CC(=O)OCC(=O)N2c3ccccc3NC(=O)C2(C)C)cc1F. The number of esters is 1. The Morgan fingerprint density at radius 3 is 2.59 bits per heavy atom. The molecule has 0 aliphatic carbocycles. The number of amides is 2. The number of ether oxygens (including phenoxy) is 2. The molecule has 0 atom stereocenters. The normalized spacial score (nSPS) is 14.6. The average Bonchev–Trinajstić information content (AvgIpc) is 2.67. The van der Waals surface area contributed by atoms with Gasteiger partial charge in [-0.2, -0.15) is 0 Å². The standard InChI is InChI=1S/C21H21FN2O5/c1-21(2)20(27)23-15-6-4-5-7-16(15)24(21)18(25)12-29-19(26)11-13-8-9-17(28-3)14(22)10-13/h4-10H,11-12H2,1-3H3,(H,23,27). The van der Waals surface area contributed by atoms with Crippen LogP contribution in [0.2, 0.25) is 0 Å². The lowest BCUT2D eigenvalue weighted by Crippen LogP contribution is -2.59. The van der Waals surface area contributed by atoms with E-state index in [9.17, 15) is 18.8 Å². The van der Waals surface area contributed by atoms with Crippen LogP contribution in [0.3, 0.4) is 0 Å². The molecule has 0 spiro atoms. The van der Waals surface area contributed by atoms with Gasteiger partial charge in [-0.25, -0.2) is 4.39 Å². The molecule has 2 aromatic carbocycles. The molecule has 0 unspecified atom stereocenters. The predicted molar refractivity (Wildman–Crippen MR) is 104 cm³/mol. The largest absolute Gasteiger partial charge is 0.494 e.